The molecule has 0 bridgehead atoms. The minimum atomic E-state index is 0.489. The number of ether oxygens (including phenoxy) is 1. The minimum absolute atomic E-state index is 0.489. The van der Waals surface area contributed by atoms with Gasteiger partial charge in [0.1, 0.15) is 12.4 Å². The summed E-state index contributed by atoms with van der Waals surface area (Å²) in [6.07, 6.45) is 1.90. The van der Waals surface area contributed by atoms with E-state index in [0.29, 0.717) is 13.2 Å². The summed E-state index contributed by atoms with van der Waals surface area (Å²) in [6, 6.07) is 9.71. The first kappa shape index (κ1) is 10.7. The normalized spacial score (nSPS) is 10.4. The van der Waals surface area contributed by atoms with E-state index in [1.165, 1.54) is 0 Å². The first-order valence-corrected chi connectivity index (χ1v) is 5.18. The number of nitrogens with two attached hydrogens (primary N) is 1. The molecule has 0 aliphatic rings. The number of rotatable bonds is 4. The van der Waals surface area contributed by atoms with Crippen LogP contribution in [-0.2, 0) is 20.2 Å². The van der Waals surface area contributed by atoms with Gasteiger partial charge in [-0.1, -0.05) is 12.1 Å². The average Bonchev–Trinajstić information content (AvgIpc) is 2.73. The van der Waals surface area contributed by atoms with Gasteiger partial charge in [-0.25, -0.2) is 0 Å². The molecule has 0 aliphatic carbocycles. The van der Waals surface area contributed by atoms with Crippen molar-refractivity contribution in [2.24, 2.45) is 12.8 Å². The quantitative estimate of drug-likeness (QED) is 0.843. The van der Waals surface area contributed by atoms with Gasteiger partial charge in [-0.2, -0.15) is 5.10 Å². The smallest absolute Gasteiger partial charge is 0.132 e. The average molecular weight is 217 g/mol. The molecule has 84 valence electrons. The molecule has 0 saturated carbocycles. The van der Waals surface area contributed by atoms with Crippen molar-refractivity contribution in [1.29, 1.82) is 0 Å². The van der Waals surface area contributed by atoms with Crippen LogP contribution in [0.1, 0.15) is 11.3 Å². The molecule has 4 nitrogen and oxygen atoms in total. The fraction of sp³-hybridized carbons (Fsp3) is 0.250. The Morgan fingerprint density at radius 1 is 1.25 bits per heavy atom. The number of aryl methyl sites for hydroxylation is 1. The van der Waals surface area contributed by atoms with Crippen LogP contribution in [0.25, 0.3) is 0 Å². The summed E-state index contributed by atoms with van der Waals surface area (Å²) in [7, 11) is 1.89. The van der Waals surface area contributed by atoms with E-state index in [0.717, 1.165) is 17.0 Å². The lowest BCUT2D eigenvalue weighted by Crippen LogP contribution is -1.99. The predicted molar refractivity (Wildman–Crippen MR) is 61.9 cm³/mol. The van der Waals surface area contributed by atoms with Gasteiger partial charge < -0.3 is 10.5 Å². The molecular weight excluding hydrogens is 202 g/mol. The monoisotopic (exact) mass is 217 g/mol. The number of aromatic nitrogens is 2. The first-order chi connectivity index (χ1) is 7.78. The van der Waals surface area contributed by atoms with Gasteiger partial charge in [0.15, 0.2) is 0 Å². The third kappa shape index (κ3) is 2.61. The molecule has 2 aromatic rings. The summed E-state index contributed by atoms with van der Waals surface area (Å²) in [6.45, 7) is 1.04. The highest BCUT2D eigenvalue weighted by Crippen LogP contribution is 2.13. The SMILES string of the molecule is Cn1ccc(COc2ccc(CN)cc2)n1. The summed E-state index contributed by atoms with van der Waals surface area (Å²) >= 11 is 0. The third-order valence-corrected chi connectivity index (χ3v) is 2.31. The maximum Gasteiger partial charge on any atom is 0.132 e. The van der Waals surface area contributed by atoms with Crippen LogP contribution in [-0.4, -0.2) is 9.78 Å². The van der Waals surface area contributed by atoms with Crippen LogP contribution in [0.2, 0.25) is 0 Å². The Labute approximate surface area is 94.6 Å². The molecule has 1 aromatic heterocycles. The van der Waals surface area contributed by atoms with Gasteiger partial charge in [-0.15, -0.1) is 0 Å². The van der Waals surface area contributed by atoms with Crippen molar-refractivity contribution in [2.75, 3.05) is 0 Å². The highest BCUT2D eigenvalue weighted by molar-refractivity contribution is 5.27. The Kier molecular flexibility index (Phi) is 3.22. The van der Waals surface area contributed by atoms with Crippen molar-refractivity contribution in [3.05, 3.63) is 47.8 Å². The first-order valence-electron chi connectivity index (χ1n) is 5.18. The Morgan fingerprint density at radius 2 is 2.00 bits per heavy atom. The topological polar surface area (TPSA) is 53.1 Å². The number of nitrogens with zero attached hydrogens (tertiary/aromatic N) is 2. The summed E-state index contributed by atoms with van der Waals surface area (Å²) in [5, 5.41) is 4.23. The maximum atomic E-state index is 5.59. The van der Waals surface area contributed by atoms with E-state index >= 15 is 0 Å². The van der Waals surface area contributed by atoms with E-state index in [9.17, 15) is 0 Å². The van der Waals surface area contributed by atoms with Crippen LogP contribution in [0, 0.1) is 0 Å². The molecule has 16 heavy (non-hydrogen) atoms. The summed E-state index contributed by atoms with van der Waals surface area (Å²) in [5.74, 6) is 0.836. The Bertz CT molecular complexity index is 448. The lowest BCUT2D eigenvalue weighted by Gasteiger charge is -2.04. The van der Waals surface area contributed by atoms with Gasteiger partial charge in [0.25, 0.3) is 0 Å². The van der Waals surface area contributed by atoms with Gasteiger partial charge in [0.05, 0.1) is 5.69 Å². The van der Waals surface area contributed by atoms with Gasteiger partial charge in [0.2, 0.25) is 0 Å². The van der Waals surface area contributed by atoms with E-state index in [1.54, 1.807) is 4.68 Å². The molecule has 0 atom stereocenters. The molecule has 1 heterocycles. The largest absolute Gasteiger partial charge is 0.487 e. The van der Waals surface area contributed by atoms with E-state index < -0.39 is 0 Å². The van der Waals surface area contributed by atoms with Gasteiger partial charge in [-0.05, 0) is 23.8 Å². The fourth-order valence-electron chi connectivity index (χ4n) is 1.42. The zero-order chi connectivity index (χ0) is 11.4. The van der Waals surface area contributed by atoms with E-state index in [2.05, 4.69) is 5.10 Å². The Hall–Kier alpha value is -1.81. The molecule has 4 heteroatoms. The van der Waals surface area contributed by atoms with E-state index in [-0.39, 0.29) is 0 Å². The minimum Gasteiger partial charge on any atom is -0.487 e. The van der Waals surface area contributed by atoms with Crippen LogP contribution in [0.4, 0.5) is 0 Å². The molecule has 0 amide bonds. The van der Waals surface area contributed by atoms with Crippen LogP contribution < -0.4 is 10.5 Å². The molecule has 0 saturated heterocycles. The third-order valence-electron chi connectivity index (χ3n) is 2.31. The van der Waals surface area contributed by atoms with Crippen LogP contribution in [0.5, 0.6) is 5.75 Å². The second-order valence-electron chi connectivity index (χ2n) is 3.62. The maximum absolute atomic E-state index is 5.59. The second kappa shape index (κ2) is 4.81. The van der Waals surface area contributed by atoms with Gasteiger partial charge >= 0.3 is 0 Å². The lowest BCUT2D eigenvalue weighted by atomic mass is 10.2. The molecular formula is C12H15N3O. The molecule has 1 aromatic carbocycles. The van der Waals surface area contributed by atoms with Crippen LogP contribution in [0.15, 0.2) is 36.5 Å². The number of hydrogen-bond donors (Lipinski definition) is 1. The Morgan fingerprint density at radius 3 is 2.56 bits per heavy atom. The second-order valence-corrected chi connectivity index (χ2v) is 3.62. The van der Waals surface area contributed by atoms with E-state index in [4.69, 9.17) is 10.5 Å². The molecule has 0 spiro atoms. The Balaban J connectivity index is 1.94. The van der Waals surface area contributed by atoms with Gasteiger partial charge in [0, 0.05) is 19.8 Å². The van der Waals surface area contributed by atoms with Crippen molar-refractivity contribution in [1.82, 2.24) is 9.78 Å². The fourth-order valence-corrected chi connectivity index (χ4v) is 1.42. The number of benzene rings is 1. The van der Waals surface area contributed by atoms with Gasteiger partial charge in [-0.3, -0.25) is 4.68 Å². The van der Waals surface area contributed by atoms with Crippen LogP contribution in [0.3, 0.4) is 0 Å². The molecule has 0 unspecified atom stereocenters. The van der Waals surface area contributed by atoms with Crippen molar-refractivity contribution in [3.63, 3.8) is 0 Å². The van der Waals surface area contributed by atoms with Crippen LogP contribution >= 0.6 is 0 Å². The van der Waals surface area contributed by atoms with Crippen molar-refractivity contribution < 1.29 is 4.74 Å². The molecule has 0 radical (unpaired) electrons. The van der Waals surface area contributed by atoms with Crippen molar-refractivity contribution >= 4 is 0 Å². The van der Waals surface area contributed by atoms with E-state index in [1.807, 2.05) is 43.6 Å². The molecule has 0 fully saturated rings. The van der Waals surface area contributed by atoms with Crippen molar-refractivity contribution in [2.45, 2.75) is 13.2 Å². The molecule has 2 N–H and O–H groups in total. The van der Waals surface area contributed by atoms with Crippen molar-refractivity contribution in [3.8, 4) is 5.75 Å². The molecule has 2 rings (SSSR count). The highest BCUT2D eigenvalue weighted by atomic mass is 16.5. The highest BCUT2D eigenvalue weighted by Gasteiger charge is 1.98. The summed E-state index contributed by atoms with van der Waals surface area (Å²) in [4.78, 5) is 0. The lowest BCUT2D eigenvalue weighted by molar-refractivity contribution is 0.300. The zero-order valence-electron chi connectivity index (χ0n) is 9.26. The summed E-state index contributed by atoms with van der Waals surface area (Å²) in [5.41, 5.74) is 7.54. The predicted octanol–water partition coefficient (Wildman–Crippen LogP) is 1.46. The standard InChI is InChI=1S/C12H15N3O/c1-15-7-6-11(14-15)9-16-12-4-2-10(8-13)3-5-12/h2-7H,8-9,13H2,1H3. The zero-order valence-corrected chi connectivity index (χ0v) is 9.26. The molecule has 0 aliphatic heterocycles. The summed E-state index contributed by atoms with van der Waals surface area (Å²) < 4.78 is 7.35. The number of hydrogen-bond acceptors (Lipinski definition) is 3.